The summed E-state index contributed by atoms with van der Waals surface area (Å²) in [6, 6.07) is 13.0. The number of aryl methyl sites for hydroxylation is 1. The van der Waals surface area contributed by atoms with E-state index in [1.54, 1.807) is 6.07 Å². The summed E-state index contributed by atoms with van der Waals surface area (Å²) in [6.45, 7) is 2.00. The number of hydrogen-bond acceptors (Lipinski definition) is 1. The Hall–Kier alpha value is -1.12. The van der Waals surface area contributed by atoms with Crippen LogP contribution in [-0.2, 0) is 6.42 Å². The molecule has 2 aromatic carbocycles. The average molecular weight is 324 g/mol. The van der Waals surface area contributed by atoms with Crippen LogP contribution in [0.5, 0.6) is 0 Å². The lowest BCUT2D eigenvalue weighted by Gasteiger charge is -2.04. The van der Waals surface area contributed by atoms with Gasteiger partial charge in [0.2, 0.25) is 0 Å². The van der Waals surface area contributed by atoms with Crippen molar-refractivity contribution in [1.82, 2.24) is 0 Å². The monoisotopic (exact) mass is 322 g/mol. The maximum Gasteiger partial charge on any atom is 0.167 e. The molecule has 0 aliphatic heterocycles. The molecule has 0 bridgehead atoms. The van der Waals surface area contributed by atoms with Crippen LogP contribution in [0, 0.1) is 6.92 Å². The first-order valence-electron chi connectivity index (χ1n) is 5.60. The molecule has 0 amide bonds. The van der Waals surface area contributed by atoms with Crippen molar-refractivity contribution in [1.29, 1.82) is 0 Å². The largest absolute Gasteiger partial charge is 0.294 e. The average Bonchev–Trinajstić information content (AvgIpc) is 2.32. The molecule has 2 aromatic rings. The topological polar surface area (TPSA) is 17.1 Å². The Morgan fingerprint density at radius 3 is 2.67 bits per heavy atom. The number of rotatable bonds is 3. The van der Waals surface area contributed by atoms with Gasteiger partial charge in [-0.3, -0.25) is 4.79 Å². The molecule has 0 radical (unpaired) electrons. The number of benzene rings is 2. The van der Waals surface area contributed by atoms with Gasteiger partial charge < -0.3 is 0 Å². The summed E-state index contributed by atoms with van der Waals surface area (Å²) in [5.41, 5.74) is 2.77. The van der Waals surface area contributed by atoms with Crippen molar-refractivity contribution in [2.75, 3.05) is 0 Å². The molecule has 0 aliphatic carbocycles. The lowest BCUT2D eigenvalue weighted by Crippen LogP contribution is -2.03. The molecule has 3 heteroatoms. The molecule has 0 N–H and O–H groups in total. The van der Waals surface area contributed by atoms with E-state index in [9.17, 15) is 4.79 Å². The molecule has 0 fully saturated rings. The van der Waals surface area contributed by atoms with Crippen LogP contribution in [0.3, 0.4) is 0 Å². The van der Waals surface area contributed by atoms with Gasteiger partial charge in [-0.1, -0.05) is 51.8 Å². The van der Waals surface area contributed by atoms with Gasteiger partial charge in [-0.05, 0) is 36.2 Å². The lowest BCUT2D eigenvalue weighted by molar-refractivity contribution is 0.0993. The molecule has 0 heterocycles. The van der Waals surface area contributed by atoms with Gasteiger partial charge in [0, 0.05) is 21.5 Å². The molecule has 0 saturated heterocycles. The van der Waals surface area contributed by atoms with Crippen molar-refractivity contribution in [3.8, 4) is 0 Å². The van der Waals surface area contributed by atoms with Crippen LogP contribution in [0.25, 0.3) is 0 Å². The first-order valence-corrected chi connectivity index (χ1v) is 6.77. The molecule has 0 unspecified atom stereocenters. The van der Waals surface area contributed by atoms with Crippen molar-refractivity contribution in [3.05, 3.63) is 68.7 Å². The number of carbonyl (C=O) groups is 1. The predicted octanol–water partition coefficient (Wildman–Crippen LogP) is 4.84. The Morgan fingerprint density at radius 1 is 1.22 bits per heavy atom. The summed E-state index contributed by atoms with van der Waals surface area (Å²) < 4.78 is 0.958. The Morgan fingerprint density at radius 2 is 2.00 bits per heavy atom. The fraction of sp³-hybridized carbons (Fsp3) is 0.133. The van der Waals surface area contributed by atoms with E-state index in [4.69, 9.17) is 11.6 Å². The summed E-state index contributed by atoms with van der Waals surface area (Å²) in [6.07, 6.45) is 0.371. The van der Waals surface area contributed by atoms with Gasteiger partial charge in [-0.2, -0.15) is 0 Å². The third-order valence-corrected chi connectivity index (χ3v) is 3.84. The zero-order valence-electron chi connectivity index (χ0n) is 9.91. The second-order valence-corrected chi connectivity index (χ2v) is 5.48. The van der Waals surface area contributed by atoms with E-state index in [2.05, 4.69) is 15.9 Å². The van der Waals surface area contributed by atoms with Crippen molar-refractivity contribution >= 4 is 33.3 Å². The van der Waals surface area contributed by atoms with Gasteiger partial charge in [0.05, 0.1) is 0 Å². The standard InChI is InChI=1S/C15H12BrClO/c1-10-5-6-12(9-14(10)16)15(18)8-11-3-2-4-13(17)7-11/h2-7,9H,8H2,1H3. The number of Topliss-reactive ketones (excluding diaryl/α,β-unsaturated/α-hetero) is 1. The van der Waals surface area contributed by atoms with Gasteiger partial charge in [0.25, 0.3) is 0 Å². The van der Waals surface area contributed by atoms with Crippen LogP contribution in [0.15, 0.2) is 46.9 Å². The molecule has 18 heavy (non-hydrogen) atoms. The molecule has 0 spiro atoms. The summed E-state index contributed by atoms with van der Waals surface area (Å²) in [4.78, 5) is 12.1. The molecule has 0 aromatic heterocycles. The van der Waals surface area contributed by atoms with Crippen LogP contribution >= 0.6 is 27.5 Å². The zero-order chi connectivity index (χ0) is 13.1. The number of hydrogen-bond donors (Lipinski definition) is 0. The summed E-state index contributed by atoms with van der Waals surface area (Å²) in [5, 5.41) is 0.658. The van der Waals surface area contributed by atoms with Crippen LogP contribution in [0.1, 0.15) is 21.5 Å². The highest BCUT2D eigenvalue weighted by Crippen LogP contribution is 2.19. The van der Waals surface area contributed by atoms with Gasteiger partial charge in [0.15, 0.2) is 5.78 Å². The number of carbonyl (C=O) groups excluding carboxylic acids is 1. The highest BCUT2D eigenvalue weighted by atomic mass is 79.9. The second-order valence-electron chi connectivity index (χ2n) is 4.19. The predicted molar refractivity (Wildman–Crippen MR) is 78.4 cm³/mol. The molecule has 2 rings (SSSR count). The lowest BCUT2D eigenvalue weighted by atomic mass is 10.0. The van der Waals surface area contributed by atoms with E-state index in [1.807, 2.05) is 43.3 Å². The van der Waals surface area contributed by atoms with E-state index in [-0.39, 0.29) is 5.78 Å². The minimum Gasteiger partial charge on any atom is -0.294 e. The Bertz CT molecular complexity index is 593. The third kappa shape index (κ3) is 3.21. The third-order valence-electron chi connectivity index (χ3n) is 2.75. The van der Waals surface area contributed by atoms with Crippen LogP contribution < -0.4 is 0 Å². The highest BCUT2D eigenvalue weighted by molar-refractivity contribution is 9.10. The first-order chi connectivity index (χ1) is 8.56. The quantitative estimate of drug-likeness (QED) is 0.739. The molecule has 92 valence electrons. The molecule has 0 atom stereocenters. The van der Waals surface area contributed by atoms with E-state index >= 15 is 0 Å². The Labute approximate surface area is 120 Å². The van der Waals surface area contributed by atoms with E-state index in [0.29, 0.717) is 17.0 Å². The number of halogens is 2. The highest BCUT2D eigenvalue weighted by Gasteiger charge is 2.08. The van der Waals surface area contributed by atoms with Crippen LogP contribution in [-0.4, -0.2) is 5.78 Å². The smallest absolute Gasteiger partial charge is 0.167 e. The van der Waals surface area contributed by atoms with Crippen molar-refractivity contribution in [3.63, 3.8) is 0 Å². The van der Waals surface area contributed by atoms with Crippen LogP contribution in [0.2, 0.25) is 5.02 Å². The molecule has 1 nitrogen and oxygen atoms in total. The maximum atomic E-state index is 12.1. The normalized spacial score (nSPS) is 10.4. The fourth-order valence-electron chi connectivity index (χ4n) is 1.70. The molecule has 0 aliphatic rings. The maximum absolute atomic E-state index is 12.1. The van der Waals surface area contributed by atoms with Gasteiger partial charge >= 0.3 is 0 Å². The zero-order valence-corrected chi connectivity index (χ0v) is 12.3. The summed E-state index contributed by atoms with van der Waals surface area (Å²) >= 11 is 9.34. The second kappa shape index (κ2) is 5.68. The van der Waals surface area contributed by atoms with Crippen LogP contribution in [0.4, 0.5) is 0 Å². The first kappa shape index (κ1) is 13.3. The van der Waals surface area contributed by atoms with Gasteiger partial charge in [-0.25, -0.2) is 0 Å². The number of ketones is 1. The molecular formula is C15H12BrClO. The van der Waals surface area contributed by atoms with Gasteiger partial charge in [-0.15, -0.1) is 0 Å². The van der Waals surface area contributed by atoms with Gasteiger partial charge in [0.1, 0.15) is 0 Å². The molecule has 0 saturated carbocycles. The molecular weight excluding hydrogens is 312 g/mol. The van der Waals surface area contributed by atoms with Crippen molar-refractivity contribution in [2.45, 2.75) is 13.3 Å². The van der Waals surface area contributed by atoms with Crippen molar-refractivity contribution in [2.24, 2.45) is 0 Å². The van der Waals surface area contributed by atoms with E-state index < -0.39 is 0 Å². The minimum atomic E-state index is 0.0953. The van der Waals surface area contributed by atoms with E-state index in [1.165, 1.54) is 0 Å². The SMILES string of the molecule is Cc1ccc(C(=O)Cc2cccc(Cl)c2)cc1Br. The Kier molecular flexibility index (Phi) is 4.20. The Balaban J connectivity index is 2.19. The summed E-state index contributed by atoms with van der Waals surface area (Å²) in [7, 11) is 0. The van der Waals surface area contributed by atoms with E-state index in [0.717, 1.165) is 15.6 Å². The van der Waals surface area contributed by atoms with Crippen molar-refractivity contribution < 1.29 is 4.79 Å². The summed E-state index contributed by atoms with van der Waals surface area (Å²) in [5.74, 6) is 0.0953. The minimum absolute atomic E-state index is 0.0953. The fourth-order valence-corrected chi connectivity index (χ4v) is 2.29.